The van der Waals surface area contributed by atoms with E-state index in [4.69, 9.17) is 0 Å². The molecule has 1 aliphatic carbocycles. The number of hydrogen-bond acceptors (Lipinski definition) is 2. The first kappa shape index (κ1) is 10.4. The average Bonchev–Trinajstić information content (AvgIpc) is 2.76. The lowest BCUT2D eigenvalue weighted by Gasteiger charge is -2.21. The molecule has 1 aliphatic rings. The third-order valence-electron chi connectivity index (χ3n) is 3.50. The Balaban J connectivity index is 2.03. The summed E-state index contributed by atoms with van der Waals surface area (Å²) in [6.07, 6.45) is 8.79. The van der Waals surface area contributed by atoms with Gasteiger partial charge in [0, 0.05) is 25.1 Å². The lowest BCUT2D eigenvalue weighted by Crippen LogP contribution is -2.25. The predicted molar refractivity (Wildman–Crippen MR) is 58.5 cm³/mol. The van der Waals surface area contributed by atoms with Gasteiger partial charge in [0.25, 0.3) is 0 Å². The molecule has 82 valence electrons. The third-order valence-corrected chi connectivity index (χ3v) is 3.50. The Labute approximate surface area is 90.5 Å². The number of aryl methyl sites for hydroxylation is 1. The van der Waals surface area contributed by atoms with Gasteiger partial charge in [-0.15, -0.1) is 0 Å². The molecule has 0 aromatic carbocycles. The van der Waals surface area contributed by atoms with Crippen LogP contribution in [-0.2, 0) is 18.3 Å². The highest BCUT2D eigenvalue weighted by Gasteiger charge is 2.35. The first-order chi connectivity index (χ1) is 7.10. The molecule has 0 amide bonds. The molecule has 1 aromatic rings. The minimum atomic E-state index is -0.0597. The summed E-state index contributed by atoms with van der Waals surface area (Å²) in [5.41, 5.74) is 0.978. The van der Waals surface area contributed by atoms with Gasteiger partial charge in [-0.2, -0.15) is 5.10 Å². The number of aromatic nitrogens is 2. The summed E-state index contributed by atoms with van der Waals surface area (Å²) in [5, 5.41) is 4.08. The van der Waals surface area contributed by atoms with Gasteiger partial charge >= 0.3 is 0 Å². The van der Waals surface area contributed by atoms with Crippen LogP contribution in [-0.4, -0.2) is 15.6 Å². The van der Waals surface area contributed by atoms with E-state index in [1.807, 2.05) is 13.2 Å². The highest BCUT2D eigenvalue weighted by atomic mass is 16.1. The van der Waals surface area contributed by atoms with E-state index in [0.29, 0.717) is 12.2 Å². The first-order valence-corrected chi connectivity index (χ1v) is 5.61. The Bertz CT molecular complexity index is 361. The van der Waals surface area contributed by atoms with E-state index in [1.54, 1.807) is 10.9 Å². The number of rotatable bonds is 3. The second-order valence-corrected chi connectivity index (χ2v) is 4.89. The number of nitrogens with zero attached hydrogens (tertiary/aromatic N) is 2. The number of Topliss-reactive ketones (excluding diaryl/α,β-unsaturated/α-hetero) is 1. The number of carbonyl (C=O) groups excluding carboxylic acids is 1. The van der Waals surface area contributed by atoms with Gasteiger partial charge in [0.2, 0.25) is 0 Å². The van der Waals surface area contributed by atoms with Crippen molar-refractivity contribution in [3.63, 3.8) is 0 Å². The molecule has 3 heteroatoms. The summed E-state index contributed by atoms with van der Waals surface area (Å²) in [5.74, 6) is 0.382. The lowest BCUT2D eigenvalue weighted by molar-refractivity contribution is -0.126. The molecule has 2 rings (SSSR count). The standard InChI is InChI=1S/C12H18N2O/c1-12(5-3-4-6-12)11(15)7-10-8-13-14(2)9-10/h8-9H,3-7H2,1-2H3. The monoisotopic (exact) mass is 206 g/mol. The van der Waals surface area contributed by atoms with Gasteiger partial charge in [-0.3, -0.25) is 9.48 Å². The van der Waals surface area contributed by atoms with Crippen molar-refractivity contribution >= 4 is 5.78 Å². The zero-order valence-corrected chi connectivity index (χ0v) is 9.49. The molecule has 0 saturated heterocycles. The van der Waals surface area contributed by atoms with Crippen molar-refractivity contribution in [3.05, 3.63) is 18.0 Å². The fourth-order valence-corrected chi connectivity index (χ4v) is 2.40. The molecular weight excluding hydrogens is 188 g/mol. The van der Waals surface area contributed by atoms with Crippen molar-refractivity contribution in [3.8, 4) is 0 Å². The van der Waals surface area contributed by atoms with Crippen LogP contribution in [0.3, 0.4) is 0 Å². The van der Waals surface area contributed by atoms with E-state index in [9.17, 15) is 4.79 Å². The lowest BCUT2D eigenvalue weighted by atomic mass is 9.82. The normalized spacial score (nSPS) is 19.3. The Kier molecular flexibility index (Phi) is 2.63. The quantitative estimate of drug-likeness (QED) is 0.759. The SMILES string of the molecule is Cn1cc(CC(=O)C2(C)CCCC2)cn1. The Morgan fingerprint density at radius 1 is 1.53 bits per heavy atom. The van der Waals surface area contributed by atoms with E-state index in [1.165, 1.54) is 12.8 Å². The van der Waals surface area contributed by atoms with Gasteiger partial charge in [-0.05, 0) is 18.4 Å². The fourth-order valence-electron chi connectivity index (χ4n) is 2.40. The van der Waals surface area contributed by atoms with Crippen LogP contribution < -0.4 is 0 Å². The Hall–Kier alpha value is -1.12. The maximum atomic E-state index is 12.1. The molecule has 1 saturated carbocycles. The largest absolute Gasteiger partial charge is 0.299 e. The van der Waals surface area contributed by atoms with Crippen LogP contribution >= 0.6 is 0 Å². The van der Waals surface area contributed by atoms with Crippen LogP contribution in [0, 0.1) is 5.41 Å². The van der Waals surface area contributed by atoms with E-state index < -0.39 is 0 Å². The summed E-state index contributed by atoms with van der Waals surface area (Å²) >= 11 is 0. The maximum Gasteiger partial charge on any atom is 0.143 e. The van der Waals surface area contributed by atoms with Crippen LogP contribution in [0.4, 0.5) is 0 Å². The van der Waals surface area contributed by atoms with Crippen molar-refractivity contribution in [2.45, 2.75) is 39.0 Å². The number of hydrogen-bond donors (Lipinski definition) is 0. The minimum Gasteiger partial charge on any atom is -0.299 e. The molecule has 1 heterocycles. The van der Waals surface area contributed by atoms with Crippen molar-refractivity contribution in [2.75, 3.05) is 0 Å². The first-order valence-electron chi connectivity index (χ1n) is 5.61. The average molecular weight is 206 g/mol. The Morgan fingerprint density at radius 3 is 2.73 bits per heavy atom. The highest BCUT2D eigenvalue weighted by molar-refractivity contribution is 5.86. The number of ketones is 1. The predicted octanol–water partition coefficient (Wildman–Crippen LogP) is 2.11. The van der Waals surface area contributed by atoms with Gasteiger partial charge in [0.05, 0.1) is 6.20 Å². The van der Waals surface area contributed by atoms with Gasteiger partial charge in [-0.25, -0.2) is 0 Å². The van der Waals surface area contributed by atoms with Crippen LogP contribution in [0.5, 0.6) is 0 Å². The van der Waals surface area contributed by atoms with Gasteiger partial charge in [0.1, 0.15) is 5.78 Å². The fraction of sp³-hybridized carbons (Fsp3) is 0.667. The van der Waals surface area contributed by atoms with Crippen molar-refractivity contribution in [1.82, 2.24) is 9.78 Å². The van der Waals surface area contributed by atoms with Crippen molar-refractivity contribution in [1.29, 1.82) is 0 Å². The molecule has 0 unspecified atom stereocenters. The summed E-state index contributed by atoms with van der Waals surface area (Å²) < 4.78 is 1.75. The van der Waals surface area contributed by atoms with Crippen LogP contribution in [0.15, 0.2) is 12.4 Å². The Morgan fingerprint density at radius 2 is 2.20 bits per heavy atom. The summed E-state index contributed by atoms with van der Waals surface area (Å²) in [7, 11) is 1.88. The molecule has 0 N–H and O–H groups in total. The molecule has 0 atom stereocenters. The van der Waals surface area contributed by atoms with Crippen molar-refractivity contribution < 1.29 is 4.79 Å². The maximum absolute atomic E-state index is 12.1. The molecule has 0 spiro atoms. The second kappa shape index (κ2) is 3.80. The zero-order chi connectivity index (χ0) is 10.9. The van der Waals surface area contributed by atoms with E-state index in [2.05, 4.69) is 12.0 Å². The minimum absolute atomic E-state index is 0.0597. The van der Waals surface area contributed by atoms with Crippen LogP contribution in [0.1, 0.15) is 38.2 Å². The van der Waals surface area contributed by atoms with Gasteiger partial charge < -0.3 is 0 Å². The molecule has 1 fully saturated rings. The van der Waals surface area contributed by atoms with Crippen LogP contribution in [0.2, 0.25) is 0 Å². The topological polar surface area (TPSA) is 34.9 Å². The molecule has 1 aromatic heterocycles. The molecule has 15 heavy (non-hydrogen) atoms. The zero-order valence-electron chi connectivity index (χ0n) is 9.49. The molecule has 3 nitrogen and oxygen atoms in total. The van der Waals surface area contributed by atoms with E-state index in [-0.39, 0.29) is 5.41 Å². The van der Waals surface area contributed by atoms with Crippen molar-refractivity contribution in [2.24, 2.45) is 12.5 Å². The molecule has 0 radical (unpaired) electrons. The van der Waals surface area contributed by atoms with Gasteiger partial charge in [0.15, 0.2) is 0 Å². The molecule has 0 aliphatic heterocycles. The van der Waals surface area contributed by atoms with Crippen LogP contribution in [0.25, 0.3) is 0 Å². The highest BCUT2D eigenvalue weighted by Crippen LogP contribution is 2.38. The second-order valence-electron chi connectivity index (χ2n) is 4.89. The number of carbonyl (C=O) groups is 1. The molecule has 0 bridgehead atoms. The summed E-state index contributed by atoms with van der Waals surface area (Å²) in [6.45, 7) is 2.11. The van der Waals surface area contributed by atoms with Gasteiger partial charge in [-0.1, -0.05) is 19.8 Å². The molecular formula is C12H18N2O. The summed E-state index contributed by atoms with van der Waals surface area (Å²) in [4.78, 5) is 12.1. The third kappa shape index (κ3) is 2.11. The summed E-state index contributed by atoms with van der Waals surface area (Å²) in [6, 6.07) is 0. The van der Waals surface area contributed by atoms with E-state index >= 15 is 0 Å². The van der Waals surface area contributed by atoms with E-state index in [0.717, 1.165) is 18.4 Å². The smallest absolute Gasteiger partial charge is 0.143 e.